The van der Waals surface area contributed by atoms with E-state index < -0.39 is 0 Å². The van der Waals surface area contributed by atoms with Crippen molar-refractivity contribution < 1.29 is 14.3 Å². The highest BCUT2D eigenvalue weighted by Crippen LogP contribution is 2.17. The highest BCUT2D eigenvalue weighted by atomic mass is 16.5. The molecule has 18 heavy (non-hydrogen) atoms. The van der Waals surface area contributed by atoms with Gasteiger partial charge in [-0.2, -0.15) is 0 Å². The Morgan fingerprint density at radius 1 is 1.33 bits per heavy atom. The van der Waals surface area contributed by atoms with Gasteiger partial charge in [-0.15, -0.1) is 0 Å². The van der Waals surface area contributed by atoms with Crippen molar-refractivity contribution in [3.05, 3.63) is 35.9 Å². The van der Waals surface area contributed by atoms with Crippen molar-refractivity contribution >= 4 is 5.97 Å². The molecule has 100 valence electrons. The fourth-order valence-electron chi connectivity index (χ4n) is 1.67. The van der Waals surface area contributed by atoms with Gasteiger partial charge in [-0.25, -0.2) is 0 Å². The van der Waals surface area contributed by atoms with Crippen molar-refractivity contribution in [1.82, 2.24) is 0 Å². The van der Waals surface area contributed by atoms with Gasteiger partial charge < -0.3 is 15.2 Å². The highest BCUT2D eigenvalue weighted by Gasteiger charge is 2.16. The molecule has 2 N–H and O–H groups in total. The van der Waals surface area contributed by atoms with Crippen LogP contribution in [0.25, 0.3) is 0 Å². The standard InChI is InChI=1S/C14H21NO3/c1-3-17-13(10-15)9-14(16)18-11(2)12-7-5-4-6-8-12/h4-8,11,13H,3,9-10,15H2,1-2H3. The maximum Gasteiger partial charge on any atom is 0.309 e. The molecule has 0 amide bonds. The number of carbonyl (C=O) groups excluding carboxylic acids is 1. The molecule has 0 saturated carbocycles. The topological polar surface area (TPSA) is 61.5 Å². The fraction of sp³-hybridized carbons (Fsp3) is 0.500. The van der Waals surface area contributed by atoms with Gasteiger partial charge in [-0.3, -0.25) is 4.79 Å². The first kappa shape index (κ1) is 14.7. The van der Waals surface area contributed by atoms with Crippen LogP contribution >= 0.6 is 0 Å². The van der Waals surface area contributed by atoms with Crippen LogP contribution in [0.5, 0.6) is 0 Å². The Hall–Kier alpha value is -1.39. The van der Waals surface area contributed by atoms with E-state index in [1.165, 1.54) is 0 Å². The van der Waals surface area contributed by atoms with Gasteiger partial charge in [-0.05, 0) is 19.4 Å². The Bertz CT molecular complexity index is 353. The number of carbonyl (C=O) groups is 1. The van der Waals surface area contributed by atoms with E-state index in [0.717, 1.165) is 5.56 Å². The van der Waals surface area contributed by atoms with E-state index in [4.69, 9.17) is 15.2 Å². The molecule has 1 aromatic rings. The summed E-state index contributed by atoms with van der Waals surface area (Å²) in [5.41, 5.74) is 6.49. The largest absolute Gasteiger partial charge is 0.458 e. The molecular formula is C14H21NO3. The summed E-state index contributed by atoms with van der Waals surface area (Å²) in [6, 6.07) is 9.63. The molecule has 0 aliphatic carbocycles. The van der Waals surface area contributed by atoms with Crippen LogP contribution in [-0.2, 0) is 14.3 Å². The second kappa shape index (κ2) is 7.84. The van der Waals surface area contributed by atoms with Crippen LogP contribution in [-0.4, -0.2) is 25.2 Å². The Labute approximate surface area is 108 Å². The summed E-state index contributed by atoms with van der Waals surface area (Å²) in [5, 5.41) is 0. The Morgan fingerprint density at radius 3 is 2.56 bits per heavy atom. The van der Waals surface area contributed by atoms with Crippen molar-refractivity contribution in [2.45, 2.75) is 32.5 Å². The predicted molar refractivity (Wildman–Crippen MR) is 70.0 cm³/mol. The van der Waals surface area contributed by atoms with Gasteiger partial charge in [0.05, 0.1) is 12.5 Å². The monoisotopic (exact) mass is 251 g/mol. The van der Waals surface area contributed by atoms with E-state index in [9.17, 15) is 4.79 Å². The molecule has 0 heterocycles. The third-order valence-electron chi connectivity index (χ3n) is 2.64. The Morgan fingerprint density at radius 2 is 2.00 bits per heavy atom. The van der Waals surface area contributed by atoms with Crippen molar-refractivity contribution in [3.63, 3.8) is 0 Å². The molecule has 0 saturated heterocycles. The van der Waals surface area contributed by atoms with E-state index in [1.807, 2.05) is 44.2 Å². The lowest BCUT2D eigenvalue weighted by atomic mass is 10.1. The first-order chi connectivity index (χ1) is 8.67. The molecule has 0 aliphatic rings. The molecule has 2 unspecified atom stereocenters. The lowest BCUT2D eigenvalue weighted by molar-refractivity contribution is -0.151. The molecule has 0 radical (unpaired) electrons. The van der Waals surface area contributed by atoms with Crippen molar-refractivity contribution in [2.24, 2.45) is 5.73 Å². The summed E-state index contributed by atoms with van der Waals surface area (Å²) in [5.74, 6) is -0.282. The second-order valence-electron chi connectivity index (χ2n) is 4.06. The minimum Gasteiger partial charge on any atom is -0.458 e. The van der Waals surface area contributed by atoms with Gasteiger partial charge in [0.1, 0.15) is 6.10 Å². The van der Waals surface area contributed by atoms with Crippen molar-refractivity contribution in [2.75, 3.05) is 13.2 Å². The minimum atomic E-state index is -0.282. The number of hydrogen-bond donors (Lipinski definition) is 1. The summed E-state index contributed by atoms with van der Waals surface area (Å²) in [4.78, 5) is 11.7. The zero-order chi connectivity index (χ0) is 13.4. The molecule has 4 nitrogen and oxygen atoms in total. The van der Waals surface area contributed by atoms with Gasteiger partial charge in [0.2, 0.25) is 0 Å². The van der Waals surface area contributed by atoms with Crippen LogP contribution in [0.4, 0.5) is 0 Å². The zero-order valence-electron chi connectivity index (χ0n) is 11.0. The van der Waals surface area contributed by atoms with Crippen LogP contribution < -0.4 is 5.73 Å². The first-order valence-corrected chi connectivity index (χ1v) is 6.23. The average Bonchev–Trinajstić information content (AvgIpc) is 2.39. The minimum absolute atomic E-state index is 0.196. The van der Waals surface area contributed by atoms with Crippen LogP contribution in [0.1, 0.15) is 31.9 Å². The summed E-state index contributed by atoms with van der Waals surface area (Å²) in [7, 11) is 0. The molecular weight excluding hydrogens is 230 g/mol. The van der Waals surface area contributed by atoms with E-state index >= 15 is 0 Å². The second-order valence-corrected chi connectivity index (χ2v) is 4.06. The number of esters is 1. The lowest BCUT2D eigenvalue weighted by Gasteiger charge is -2.17. The Balaban J connectivity index is 2.44. The van der Waals surface area contributed by atoms with E-state index in [2.05, 4.69) is 0 Å². The molecule has 0 bridgehead atoms. The number of benzene rings is 1. The number of nitrogens with two attached hydrogens (primary N) is 1. The van der Waals surface area contributed by atoms with Gasteiger partial charge in [0.25, 0.3) is 0 Å². The quantitative estimate of drug-likeness (QED) is 0.753. The number of rotatable bonds is 7. The molecule has 1 rings (SSSR count). The predicted octanol–water partition coefficient (Wildman–Crippen LogP) is 2.04. The fourth-order valence-corrected chi connectivity index (χ4v) is 1.67. The van der Waals surface area contributed by atoms with Gasteiger partial charge in [0.15, 0.2) is 0 Å². The molecule has 2 atom stereocenters. The van der Waals surface area contributed by atoms with Crippen LogP contribution in [0.15, 0.2) is 30.3 Å². The SMILES string of the molecule is CCOC(CN)CC(=O)OC(C)c1ccccc1. The summed E-state index contributed by atoms with van der Waals surface area (Å²) in [6.07, 6.45) is -0.314. The lowest BCUT2D eigenvalue weighted by Crippen LogP contribution is -2.27. The van der Waals surface area contributed by atoms with E-state index in [-0.39, 0.29) is 24.6 Å². The third-order valence-corrected chi connectivity index (χ3v) is 2.64. The smallest absolute Gasteiger partial charge is 0.309 e. The van der Waals surface area contributed by atoms with E-state index in [1.54, 1.807) is 0 Å². The number of hydrogen-bond acceptors (Lipinski definition) is 4. The summed E-state index contributed by atoms with van der Waals surface area (Å²) >= 11 is 0. The van der Waals surface area contributed by atoms with E-state index in [0.29, 0.717) is 13.2 Å². The molecule has 0 fully saturated rings. The summed E-state index contributed by atoms with van der Waals surface area (Å²) in [6.45, 7) is 4.60. The molecule has 0 aromatic heterocycles. The maximum absolute atomic E-state index is 11.7. The third kappa shape index (κ3) is 4.85. The number of ether oxygens (including phenoxy) is 2. The maximum atomic E-state index is 11.7. The van der Waals surface area contributed by atoms with Crippen molar-refractivity contribution in [3.8, 4) is 0 Å². The van der Waals surface area contributed by atoms with Crippen LogP contribution in [0.3, 0.4) is 0 Å². The van der Waals surface area contributed by atoms with Crippen molar-refractivity contribution in [1.29, 1.82) is 0 Å². The normalized spacial score (nSPS) is 13.9. The average molecular weight is 251 g/mol. The molecule has 4 heteroatoms. The first-order valence-electron chi connectivity index (χ1n) is 6.23. The van der Waals surface area contributed by atoms with Crippen LogP contribution in [0.2, 0.25) is 0 Å². The highest BCUT2D eigenvalue weighted by molar-refractivity contribution is 5.70. The van der Waals surface area contributed by atoms with Gasteiger partial charge >= 0.3 is 5.97 Å². The van der Waals surface area contributed by atoms with Gasteiger partial charge in [-0.1, -0.05) is 30.3 Å². The summed E-state index contributed by atoms with van der Waals surface area (Å²) < 4.78 is 10.7. The molecule has 0 spiro atoms. The van der Waals surface area contributed by atoms with Gasteiger partial charge in [0, 0.05) is 13.2 Å². The molecule has 0 aliphatic heterocycles. The zero-order valence-corrected chi connectivity index (χ0v) is 11.0. The molecule has 1 aromatic carbocycles. The van der Waals surface area contributed by atoms with Crippen LogP contribution in [0, 0.1) is 0 Å². The Kier molecular flexibility index (Phi) is 6.39.